The Balaban J connectivity index is -0.000000430. The number of hydrogen-bond acceptors (Lipinski definition) is 0. The summed E-state index contributed by atoms with van der Waals surface area (Å²) in [6.45, 7) is 10.6. The van der Waals surface area contributed by atoms with Crippen molar-refractivity contribution in [3.8, 4) is 0 Å². The molecule has 4 atom stereocenters. The van der Waals surface area contributed by atoms with Crippen molar-refractivity contribution in [2.24, 2.45) is 29.6 Å². The van der Waals surface area contributed by atoms with Crippen molar-refractivity contribution in [1.82, 2.24) is 0 Å². The van der Waals surface area contributed by atoms with Gasteiger partial charge in [0, 0.05) is 113 Å². The van der Waals surface area contributed by atoms with Crippen molar-refractivity contribution in [2.75, 3.05) is 0 Å². The van der Waals surface area contributed by atoms with E-state index in [9.17, 15) is 0 Å². The Hall–Kier alpha value is 3.78. The van der Waals surface area contributed by atoms with Gasteiger partial charge in [-0.1, -0.05) is 60.3 Å². The molecule has 3 saturated carbocycles. The summed E-state index contributed by atoms with van der Waals surface area (Å²) >= 11 is 0. The summed E-state index contributed by atoms with van der Waals surface area (Å²) in [6, 6.07) is 0. The largest absolute Gasteiger partial charge is 0.0683 e. The third-order valence-electron chi connectivity index (χ3n) is 5.65. The first-order valence-electron chi connectivity index (χ1n) is 8.88. The van der Waals surface area contributed by atoms with E-state index < -0.39 is 0 Å². The molecule has 3 aliphatic rings. The van der Waals surface area contributed by atoms with Gasteiger partial charge >= 0.3 is 0 Å². The molecule has 3 heteroatoms. The zero-order valence-corrected chi connectivity index (χ0v) is 16.7. The zero-order valence-electron chi connectivity index (χ0n) is 14.6. The number of rotatable bonds is 0. The minimum Gasteiger partial charge on any atom is -0.0683 e. The van der Waals surface area contributed by atoms with E-state index in [0.717, 1.165) is 29.6 Å². The summed E-state index contributed by atoms with van der Waals surface area (Å²) in [4.78, 5) is 0. The van der Waals surface area contributed by atoms with Gasteiger partial charge in [0.25, 0.3) is 0 Å². The molecule has 0 nitrogen and oxygen atoms in total. The molecule has 0 amide bonds. The Labute approximate surface area is 224 Å². The first-order valence-corrected chi connectivity index (χ1v) is 8.88. The summed E-state index contributed by atoms with van der Waals surface area (Å²) in [5, 5.41) is 0. The fraction of sp³-hybridized carbons (Fsp3) is 1.00. The van der Waals surface area contributed by atoms with Gasteiger partial charge in [-0.15, -0.1) is 0 Å². The van der Waals surface area contributed by atoms with E-state index in [0.29, 0.717) is 0 Å². The minimum atomic E-state index is 0. The van der Waals surface area contributed by atoms with Crippen molar-refractivity contribution in [1.29, 1.82) is 0 Å². The third kappa shape index (κ3) is 7.90. The Bertz CT molecular complexity index is 199. The summed E-state index contributed by atoms with van der Waals surface area (Å²) in [5.74, 6) is 5.66. The Morgan fingerprint density at radius 3 is 1.00 bits per heavy atom. The molecule has 0 aromatic carbocycles. The number of hydrogen-bond donors (Lipinski definition) is 0. The van der Waals surface area contributed by atoms with Crippen LogP contribution in [0.15, 0.2) is 0 Å². The molecule has 3 fully saturated rings. The molecular formula is C18H36Ar3. The van der Waals surface area contributed by atoms with Crippen LogP contribution < -0.4 is 0 Å². The fourth-order valence-corrected chi connectivity index (χ4v) is 5.06. The van der Waals surface area contributed by atoms with Crippen LogP contribution in [0.1, 0.15) is 86.0 Å². The summed E-state index contributed by atoms with van der Waals surface area (Å²) in [5.41, 5.74) is 0. The van der Waals surface area contributed by atoms with Gasteiger partial charge in [-0.3, -0.25) is 0 Å². The second-order valence-corrected chi connectivity index (χ2v) is 6.08. The van der Waals surface area contributed by atoms with Crippen LogP contribution in [-0.4, -0.2) is 0 Å². The molecule has 0 radical (unpaired) electrons. The van der Waals surface area contributed by atoms with E-state index in [4.69, 9.17) is 0 Å². The van der Waals surface area contributed by atoms with Gasteiger partial charge in [-0.25, -0.2) is 0 Å². The van der Waals surface area contributed by atoms with Crippen molar-refractivity contribution >= 4 is 0 Å². The fourth-order valence-electron chi connectivity index (χ4n) is 5.06. The maximum absolute atomic E-state index is 2.57. The smallest absolute Gasteiger partial charge is 0 e. The van der Waals surface area contributed by atoms with E-state index in [-0.39, 0.29) is 113 Å². The molecule has 132 valence electrons. The Kier molecular flexibility index (Phi) is 24.2. The minimum absolute atomic E-state index is 0. The molecule has 3 aliphatic carbocycles. The molecular weight excluding hydrogens is 336 g/mol. The van der Waals surface area contributed by atoms with Crippen LogP contribution in [0.3, 0.4) is 0 Å². The van der Waals surface area contributed by atoms with Gasteiger partial charge in [0.2, 0.25) is 0 Å². The molecule has 0 bridgehead atoms. The zero-order chi connectivity index (χ0) is 13.5. The molecule has 0 aromatic heterocycles. The number of fused-ring (bicyclic) bond motifs is 3. The molecule has 21 heavy (non-hydrogen) atoms. The molecule has 0 N–H and O–H groups in total. The second-order valence-electron chi connectivity index (χ2n) is 6.08. The predicted octanol–water partition coefficient (Wildman–Crippen LogP) is 6.30. The summed E-state index contributed by atoms with van der Waals surface area (Å²) < 4.78 is 0. The molecule has 0 heterocycles. The van der Waals surface area contributed by atoms with Gasteiger partial charge in [-0.05, 0) is 55.3 Å². The SMILES string of the molecule is CC.CC.CC1C2CCCCC2C2CCCCC12.[Ar].[Ar].[Ar]. The van der Waals surface area contributed by atoms with Crippen molar-refractivity contribution in [2.45, 2.75) is 86.0 Å². The second kappa shape index (κ2) is 17.2. The van der Waals surface area contributed by atoms with Crippen LogP contribution in [-0.2, 0) is 0 Å². The Morgan fingerprint density at radius 2 is 0.714 bits per heavy atom. The predicted molar refractivity (Wildman–Crippen MR) is 82.8 cm³/mol. The van der Waals surface area contributed by atoms with E-state index >= 15 is 0 Å². The molecule has 0 spiro atoms. The molecule has 0 saturated heterocycles. The van der Waals surface area contributed by atoms with Crippen LogP contribution >= 0.6 is 0 Å². The van der Waals surface area contributed by atoms with E-state index in [2.05, 4.69) is 6.92 Å². The van der Waals surface area contributed by atoms with Gasteiger partial charge in [0.05, 0.1) is 0 Å². The third-order valence-corrected chi connectivity index (χ3v) is 5.65. The average Bonchev–Trinajstić information content (AvgIpc) is 2.78. The van der Waals surface area contributed by atoms with Crippen LogP contribution in [0.25, 0.3) is 0 Å². The molecule has 0 aliphatic heterocycles. The Morgan fingerprint density at radius 1 is 0.476 bits per heavy atom. The maximum Gasteiger partial charge on any atom is 0 e. The van der Waals surface area contributed by atoms with Crippen LogP contribution in [0.4, 0.5) is 0 Å². The monoisotopic (exact) mass is 372 g/mol. The normalized spacial score (nSPS) is 35.6. The van der Waals surface area contributed by atoms with Crippen molar-refractivity contribution in [3.63, 3.8) is 0 Å². The standard InChI is InChI=1S/C14H24.2C2H6.3Ar/c1-10-11-6-2-4-8-13(11)14-9-5-3-7-12(10)14;2*1-2;;;/h10-14H,2-9H2,1H3;2*1-2H3;;;. The van der Waals surface area contributed by atoms with Gasteiger partial charge in [0.15, 0.2) is 0 Å². The van der Waals surface area contributed by atoms with Gasteiger partial charge in [0.1, 0.15) is 0 Å². The summed E-state index contributed by atoms with van der Waals surface area (Å²) in [7, 11) is 0. The van der Waals surface area contributed by atoms with E-state index in [1.54, 1.807) is 25.7 Å². The van der Waals surface area contributed by atoms with E-state index in [1.165, 1.54) is 25.7 Å². The first kappa shape index (κ1) is 29.5. The summed E-state index contributed by atoms with van der Waals surface area (Å²) in [6.07, 6.45) is 12.4. The molecule has 4 unspecified atom stereocenters. The van der Waals surface area contributed by atoms with Crippen molar-refractivity contribution < 1.29 is 113 Å². The molecule has 0 aromatic rings. The van der Waals surface area contributed by atoms with Crippen LogP contribution in [0, 0.1) is 143 Å². The quantitative estimate of drug-likeness (QED) is 0.468. The van der Waals surface area contributed by atoms with Gasteiger partial charge < -0.3 is 0 Å². The van der Waals surface area contributed by atoms with Crippen molar-refractivity contribution in [3.05, 3.63) is 0 Å². The topological polar surface area (TPSA) is 0 Å². The maximum atomic E-state index is 2.57. The van der Waals surface area contributed by atoms with Gasteiger partial charge in [-0.2, -0.15) is 0 Å². The molecule has 3 rings (SSSR count). The van der Waals surface area contributed by atoms with E-state index in [1.807, 2.05) is 27.7 Å². The van der Waals surface area contributed by atoms with Crippen LogP contribution in [0.5, 0.6) is 0 Å². The first-order chi connectivity index (χ1) is 8.88. The van der Waals surface area contributed by atoms with Crippen LogP contribution in [0.2, 0.25) is 0 Å². The average molecular weight is 372 g/mol.